The Kier molecular flexibility index (Phi) is 4.71. The second kappa shape index (κ2) is 6.90. The fourth-order valence-electron chi connectivity index (χ4n) is 2.88. The van der Waals surface area contributed by atoms with Gasteiger partial charge in [-0.15, -0.1) is 0 Å². The third-order valence-electron chi connectivity index (χ3n) is 4.21. The van der Waals surface area contributed by atoms with Crippen LogP contribution in [0.5, 0.6) is 5.75 Å². The molecule has 4 nitrogen and oxygen atoms in total. The van der Waals surface area contributed by atoms with Crippen molar-refractivity contribution >= 4 is 0 Å². The number of nitrogens with two attached hydrogens (primary N) is 1. The normalized spacial score (nSPS) is 21.9. The first-order valence-corrected chi connectivity index (χ1v) is 7.81. The predicted molar refractivity (Wildman–Crippen MR) is 87.4 cm³/mol. The van der Waals surface area contributed by atoms with Gasteiger partial charge in [0.25, 0.3) is 0 Å². The monoisotopic (exact) mass is 297 g/mol. The molecule has 1 fully saturated rings. The van der Waals surface area contributed by atoms with E-state index in [-0.39, 0.29) is 6.04 Å². The molecule has 2 unspecified atom stereocenters. The van der Waals surface area contributed by atoms with E-state index in [9.17, 15) is 0 Å². The second-order valence-corrected chi connectivity index (χ2v) is 6.05. The maximum Gasteiger partial charge on any atom is 0.130 e. The number of ether oxygens (including phenoxy) is 1. The molecule has 116 valence electrons. The molecule has 0 saturated carbocycles. The zero-order chi connectivity index (χ0) is 15.4. The second-order valence-electron chi connectivity index (χ2n) is 6.05. The van der Waals surface area contributed by atoms with E-state index in [1.54, 1.807) is 6.20 Å². The van der Waals surface area contributed by atoms with Gasteiger partial charge in [-0.05, 0) is 24.1 Å². The summed E-state index contributed by atoms with van der Waals surface area (Å²) in [6.07, 6.45) is 1.79. The zero-order valence-electron chi connectivity index (χ0n) is 13.0. The maximum atomic E-state index is 6.11. The van der Waals surface area contributed by atoms with Crippen molar-refractivity contribution in [3.63, 3.8) is 0 Å². The van der Waals surface area contributed by atoms with Gasteiger partial charge in [0.15, 0.2) is 0 Å². The van der Waals surface area contributed by atoms with Crippen LogP contribution in [0.3, 0.4) is 0 Å². The van der Waals surface area contributed by atoms with Gasteiger partial charge in [-0.1, -0.05) is 31.2 Å². The number of para-hydroxylation sites is 1. The summed E-state index contributed by atoms with van der Waals surface area (Å²) >= 11 is 0. The largest absolute Gasteiger partial charge is 0.487 e. The molecule has 22 heavy (non-hydrogen) atoms. The van der Waals surface area contributed by atoms with Crippen LogP contribution < -0.4 is 10.5 Å². The average Bonchev–Trinajstić information content (AvgIpc) is 2.85. The van der Waals surface area contributed by atoms with Crippen molar-refractivity contribution in [2.24, 2.45) is 11.7 Å². The Bertz CT molecular complexity index is 592. The van der Waals surface area contributed by atoms with Crippen molar-refractivity contribution in [3.05, 3.63) is 59.9 Å². The fraction of sp³-hybridized carbons (Fsp3) is 0.389. The minimum absolute atomic E-state index is 0.279. The molecular weight excluding hydrogens is 274 g/mol. The summed E-state index contributed by atoms with van der Waals surface area (Å²) in [5, 5.41) is 0. The minimum Gasteiger partial charge on any atom is -0.487 e. The summed E-state index contributed by atoms with van der Waals surface area (Å²) in [5.41, 5.74) is 8.26. The number of benzene rings is 1. The van der Waals surface area contributed by atoms with Gasteiger partial charge in [-0.25, -0.2) is 0 Å². The van der Waals surface area contributed by atoms with E-state index in [2.05, 4.69) is 28.9 Å². The molecule has 0 amide bonds. The summed E-state index contributed by atoms with van der Waals surface area (Å²) in [6.45, 7) is 5.60. The highest BCUT2D eigenvalue weighted by Gasteiger charge is 2.26. The van der Waals surface area contributed by atoms with Crippen molar-refractivity contribution in [2.45, 2.75) is 26.1 Å². The van der Waals surface area contributed by atoms with Crippen molar-refractivity contribution in [3.8, 4) is 5.75 Å². The molecule has 1 aromatic carbocycles. The lowest BCUT2D eigenvalue weighted by Gasteiger charge is -2.18. The van der Waals surface area contributed by atoms with Crippen LogP contribution in [-0.2, 0) is 13.2 Å². The van der Waals surface area contributed by atoms with E-state index >= 15 is 0 Å². The molecule has 4 heteroatoms. The highest BCUT2D eigenvalue weighted by Crippen LogP contribution is 2.24. The highest BCUT2D eigenvalue weighted by atomic mass is 16.5. The number of hydrogen-bond donors (Lipinski definition) is 1. The van der Waals surface area contributed by atoms with Gasteiger partial charge in [0.05, 0.1) is 5.69 Å². The molecule has 0 radical (unpaired) electrons. The zero-order valence-corrected chi connectivity index (χ0v) is 13.0. The Morgan fingerprint density at radius 1 is 1.18 bits per heavy atom. The van der Waals surface area contributed by atoms with Crippen molar-refractivity contribution in [1.82, 2.24) is 9.88 Å². The predicted octanol–water partition coefficient (Wildman–Crippen LogP) is 2.44. The Morgan fingerprint density at radius 2 is 2.00 bits per heavy atom. The summed E-state index contributed by atoms with van der Waals surface area (Å²) < 4.78 is 5.97. The SMILES string of the molecule is CC1CN(Cc2ccccc2OCc2ccccn2)CC1N. The van der Waals surface area contributed by atoms with E-state index in [0.717, 1.165) is 31.1 Å². The molecule has 1 aliphatic heterocycles. The Morgan fingerprint density at radius 3 is 2.73 bits per heavy atom. The highest BCUT2D eigenvalue weighted by molar-refractivity contribution is 5.33. The summed E-state index contributed by atoms with van der Waals surface area (Å²) in [4.78, 5) is 6.70. The average molecular weight is 297 g/mol. The molecule has 0 aliphatic carbocycles. The smallest absolute Gasteiger partial charge is 0.130 e. The van der Waals surface area contributed by atoms with Crippen LogP contribution in [0, 0.1) is 5.92 Å². The van der Waals surface area contributed by atoms with Gasteiger partial charge >= 0.3 is 0 Å². The van der Waals surface area contributed by atoms with Crippen LogP contribution in [0.2, 0.25) is 0 Å². The van der Waals surface area contributed by atoms with E-state index in [1.165, 1.54) is 5.56 Å². The van der Waals surface area contributed by atoms with Gasteiger partial charge in [0, 0.05) is 37.4 Å². The van der Waals surface area contributed by atoms with Gasteiger partial charge in [-0.3, -0.25) is 9.88 Å². The van der Waals surface area contributed by atoms with E-state index < -0.39 is 0 Å². The standard InChI is InChI=1S/C18H23N3O/c1-14-10-21(12-17(14)19)11-15-6-2-3-8-18(15)22-13-16-7-4-5-9-20-16/h2-9,14,17H,10-13,19H2,1H3. The van der Waals surface area contributed by atoms with E-state index in [1.807, 2.05) is 30.3 Å². The molecule has 2 aromatic rings. The van der Waals surface area contributed by atoms with Crippen LogP contribution in [0.4, 0.5) is 0 Å². The molecule has 2 N–H and O–H groups in total. The van der Waals surface area contributed by atoms with Crippen molar-refractivity contribution in [2.75, 3.05) is 13.1 Å². The topological polar surface area (TPSA) is 51.4 Å². The molecule has 1 aliphatic rings. The van der Waals surface area contributed by atoms with Crippen LogP contribution in [0.15, 0.2) is 48.7 Å². The number of nitrogens with zero attached hydrogens (tertiary/aromatic N) is 2. The molecular formula is C18H23N3O. The lowest BCUT2D eigenvalue weighted by Crippen LogP contribution is -2.28. The van der Waals surface area contributed by atoms with Crippen molar-refractivity contribution < 1.29 is 4.74 Å². The lowest BCUT2D eigenvalue weighted by molar-refractivity contribution is 0.279. The Labute approximate surface area is 131 Å². The first kappa shape index (κ1) is 15.0. The van der Waals surface area contributed by atoms with Gasteiger partial charge in [0.2, 0.25) is 0 Å². The molecule has 2 heterocycles. The first-order valence-electron chi connectivity index (χ1n) is 7.81. The third kappa shape index (κ3) is 3.64. The van der Waals surface area contributed by atoms with E-state index in [4.69, 9.17) is 10.5 Å². The third-order valence-corrected chi connectivity index (χ3v) is 4.21. The molecule has 0 bridgehead atoms. The molecule has 1 saturated heterocycles. The minimum atomic E-state index is 0.279. The Balaban J connectivity index is 1.65. The molecule has 3 rings (SSSR count). The maximum absolute atomic E-state index is 6.11. The Hall–Kier alpha value is -1.91. The molecule has 2 atom stereocenters. The van der Waals surface area contributed by atoms with Crippen LogP contribution in [-0.4, -0.2) is 29.0 Å². The molecule has 1 aromatic heterocycles. The fourth-order valence-corrected chi connectivity index (χ4v) is 2.88. The van der Waals surface area contributed by atoms with Crippen molar-refractivity contribution in [1.29, 1.82) is 0 Å². The van der Waals surface area contributed by atoms with Gasteiger partial charge < -0.3 is 10.5 Å². The number of likely N-dealkylation sites (tertiary alicyclic amines) is 1. The summed E-state index contributed by atoms with van der Waals surface area (Å²) in [6, 6.07) is 14.4. The summed E-state index contributed by atoms with van der Waals surface area (Å²) in [5.74, 6) is 1.49. The lowest BCUT2D eigenvalue weighted by atomic mass is 10.1. The van der Waals surface area contributed by atoms with Crippen LogP contribution in [0.1, 0.15) is 18.2 Å². The van der Waals surface area contributed by atoms with Crippen LogP contribution in [0.25, 0.3) is 0 Å². The number of aromatic nitrogens is 1. The summed E-state index contributed by atoms with van der Waals surface area (Å²) in [7, 11) is 0. The quantitative estimate of drug-likeness (QED) is 0.921. The van der Waals surface area contributed by atoms with Gasteiger partial charge in [-0.2, -0.15) is 0 Å². The number of hydrogen-bond acceptors (Lipinski definition) is 4. The molecule has 0 spiro atoms. The van der Waals surface area contributed by atoms with Crippen LogP contribution >= 0.6 is 0 Å². The first-order chi connectivity index (χ1) is 10.7. The van der Waals surface area contributed by atoms with Gasteiger partial charge in [0.1, 0.15) is 12.4 Å². The van der Waals surface area contributed by atoms with E-state index in [0.29, 0.717) is 12.5 Å². The number of pyridine rings is 1. The number of rotatable bonds is 5.